The molecule has 0 N–H and O–H groups in total. The maximum Gasteiger partial charge on any atom is 0.167 e. The highest BCUT2D eigenvalue weighted by atomic mass is 32.1. The number of hydrogen-bond acceptors (Lipinski definition) is 2. The van der Waals surface area contributed by atoms with Crippen molar-refractivity contribution in [3.05, 3.63) is 28.8 Å². The van der Waals surface area contributed by atoms with E-state index in [1.807, 2.05) is 0 Å². The molecule has 0 radical (unpaired) electrons. The molecule has 0 spiro atoms. The summed E-state index contributed by atoms with van der Waals surface area (Å²) in [7, 11) is 0. The van der Waals surface area contributed by atoms with Crippen LogP contribution in [0.3, 0.4) is 0 Å². The number of rotatable bonds is 1. The predicted molar refractivity (Wildman–Crippen MR) is 61.6 cm³/mol. The van der Waals surface area contributed by atoms with Crippen LogP contribution in [0.4, 0.5) is 0 Å². The quantitative estimate of drug-likeness (QED) is 0.644. The van der Waals surface area contributed by atoms with Crippen LogP contribution in [0.15, 0.2) is 18.2 Å². The summed E-state index contributed by atoms with van der Waals surface area (Å²) in [5, 5.41) is 0.771. The third kappa shape index (κ3) is 1.40. The molecule has 14 heavy (non-hydrogen) atoms. The van der Waals surface area contributed by atoms with Crippen molar-refractivity contribution in [3.8, 4) is 12.3 Å². The summed E-state index contributed by atoms with van der Waals surface area (Å²) in [6.07, 6.45) is 5.34. The molecule has 0 saturated heterocycles. The van der Waals surface area contributed by atoms with Crippen LogP contribution in [0.1, 0.15) is 30.3 Å². The first-order chi connectivity index (χ1) is 6.72. The number of para-hydroxylation sites is 1. The summed E-state index contributed by atoms with van der Waals surface area (Å²) in [4.78, 5) is 4.43. The lowest BCUT2D eigenvalue weighted by Gasteiger charge is -2.04. The van der Waals surface area contributed by atoms with Crippen LogP contribution < -0.4 is 0 Å². The number of benzene rings is 1. The second-order valence-corrected chi connectivity index (χ2v) is 4.54. The molecule has 0 atom stereocenters. The van der Waals surface area contributed by atoms with Gasteiger partial charge in [0.15, 0.2) is 5.01 Å². The largest absolute Gasteiger partial charge is 0.227 e. The third-order valence-electron chi connectivity index (χ3n) is 2.20. The third-order valence-corrected chi connectivity index (χ3v) is 3.15. The highest BCUT2D eigenvalue weighted by Crippen LogP contribution is 2.28. The van der Waals surface area contributed by atoms with E-state index in [0.717, 1.165) is 10.5 Å². The molecular weight excluding hydrogens is 190 g/mol. The van der Waals surface area contributed by atoms with E-state index >= 15 is 0 Å². The molecule has 0 bridgehead atoms. The summed E-state index contributed by atoms with van der Waals surface area (Å²) in [5.74, 6) is 3.08. The fraction of sp³-hybridized carbons (Fsp3) is 0.250. The molecule has 0 aliphatic carbocycles. The van der Waals surface area contributed by atoms with Crippen LogP contribution in [-0.4, -0.2) is 4.98 Å². The second-order valence-electron chi connectivity index (χ2n) is 3.51. The van der Waals surface area contributed by atoms with Crippen molar-refractivity contribution in [3.63, 3.8) is 0 Å². The lowest BCUT2D eigenvalue weighted by molar-refractivity contribution is 0.873. The molecule has 0 unspecified atom stereocenters. The standard InChI is InChI=1S/C12H11NS/c1-4-11-13-12-9(8(2)3)6-5-7-10(12)14-11/h1,5-8H,2-3H3. The number of nitrogens with zero attached hydrogens (tertiary/aromatic N) is 1. The Kier molecular flexibility index (Phi) is 2.26. The van der Waals surface area contributed by atoms with Crippen molar-refractivity contribution in [2.45, 2.75) is 19.8 Å². The van der Waals surface area contributed by atoms with Crippen molar-refractivity contribution in [1.82, 2.24) is 4.98 Å². The van der Waals surface area contributed by atoms with Gasteiger partial charge < -0.3 is 0 Å². The number of hydrogen-bond donors (Lipinski definition) is 0. The lowest BCUT2D eigenvalue weighted by atomic mass is 10.0. The Morgan fingerprint density at radius 3 is 2.86 bits per heavy atom. The van der Waals surface area contributed by atoms with Gasteiger partial charge in [-0.05, 0) is 23.5 Å². The van der Waals surface area contributed by atoms with Gasteiger partial charge in [-0.25, -0.2) is 4.98 Å². The Morgan fingerprint density at radius 2 is 2.21 bits per heavy atom. The van der Waals surface area contributed by atoms with Gasteiger partial charge in [-0.15, -0.1) is 17.8 Å². The van der Waals surface area contributed by atoms with Crippen LogP contribution >= 0.6 is 11.3 Å². The van der Waals surface area contributed by atoms with Gasteiger partial charge in [0.2, 0.25) is 0 Å². The zero-order valence-corrected chi connectivity index (χ0v) is 9.06. The molecule has 2 rings (SSSR count). The second kappa shape index (κ2) is 3.43. The average molecular weight is 201 g/mol. The molecule has 1 aromatic heterocycles. The Morgan fingerprint density at radius 1 is 1.43 bits per heavy atom. The SMILES string of the molecule is C#Cc1nc2c(C(C)C)cccc2s1. The minimum absolute atomic E-state index is 0.492. The highest BCUT2D eigenvalue weighted by molar-refractivity contribution is 7.19. The molecule has 0 aliphatic heterocycles. The van der Waals surface area contributed by atoms with E-state index in [4.69, 9.17) is 6.42 Å². The van der Waals surface area contributed by atoms with E-state index in [0.29, 0.717) is 5.92 Å². The molecule has 1 aromatic carbocycles. The number of terminal acetylenes is 1. The van der Waals surface area contributed by atoms with Gasteiger partial charge in [-0.2, -0.15) is 0 Å². The van der Waals surface area contributed by atoms with Crippen molar-refractivity contribution >= 4 is 21.6 Å². The Hall–Kier alpha value is -1.33. The minimum atomic E-state index is 0.492. The van der Waals surface area contributed by atoms with Gasteiger partial charge >= 0.3 is 0 Å². The van der Waals surface area contributed by atoms with Crippen molar-refractivity contribution in [1.29, 1.82) is 0 Å². The average Bonchev–Trinajstić information content (AvgIpc) is 2.59. The molecule has 0 saturated carbocycles. The zero-order valence-electron chi connectivity index (χ0n) is 8.24. The topological polar surface area (TPSA) is 12.9 Å². The molecule has 0 aliphatic rings. The van der Waals surface area contributed by atoms with Crippen molar-refractivity contribution < 1.29 is 0 Å². The first-order valence-electron chi connectivity index (χ1n) is 4.58. The van der Waals surface area contributed by atoms with E-state index in [2.05, 4.69) is 43.0 Å². The van der Waals surface area contributed by atoms with E-state index in [1.165, 1.54) is 10.3 Å². The van der Waals surface area contributed by atoms with E-state index in [1.54, 1.807) is 11.3 Å². The zero-order chi connectivity index (χ0) is 10.1. The number of aromatic nitrogens is 1. The molecule has 70 valence electrons. The van der Waals surface area contributed by atoms with Crippen molar-refractivity contribution in [2.24, 2.45) is 0 Å². The summed E-state index contributed by atoms with van der Waals surface area (Å²) < 4.78 is 1.18. The normalized spacial score (nSPS) is 10.7. The minimum Gasteiger partial charge on any atom is -0.227 e. The number of thiazole rings is 1. The van der Waals surface area contributed by atoms with Gasteiger partial charge in [0.1, 0.15) is 0 Å². The van der Waals surface area contributed by atoms with Gasteiger partial charge in [0, 0.05) is 0 Å². The van der Waals surface area contributed by atoms with Crippen LogP contribution in [0.5, 0.6) is 0 Å². The summed E-state index contributed by atoms with van der Waals surface area (Å²) in [6, 6.07) is 6.25. The molecule has 0 fully saturated rings. The summed E-state index contributed by atoms with van der Waals surface area (Å²) in [5.41, 5.74) is 2.35. The molecule has 2 aromatic rings. The van der Waals surface area contributed by atoms with E-state index in [-0.39, 0.29) is 0 Å². The van der Waals surface area contributed by atoms with Crippen LogP contribution in [0.25, 0.3) is 10.2 Å². The smallest absolute Gasteiger partial charge is 0.167 e. The Balaban J connectivity index is 2.74. The van der Waals surface area contributed by atoms with E-state index in [9.17, 15) is 0 Å². The molecule has 1 nitrogen and oxygen atoms in total. The van der Waals surface area contributed by atoms with Crippen LogP contribution in [0.2, 0.25) is 0 Å². The maximum absolute atomic E-state index is 5.34. The fourth-order valence-electron chi connectivity index (χ4n) is 1.50. The summed E-state index contributed by atoms with van der Waals surface area (Å²) >= 11 is 1.58. The predicted octanol–water partition coefficient (Wildman–Crippen LogP) is 3.40. The first-order valence-corrected chi connectivity index (χ1v) is 5.40. The molecule has 2 heteroatoms. The molecule has 0 amide bonds. The van der Waals surface area contributed by atoms with E-state index < -0.39 is 0 Å². The van der Waals surface area contributed by atoms with Crippen LogP contribution in [-0.2, 0) is 0 Å². The Labute approximate surface area is 87.8 Å². The van der Waals surface area contributed by atoms with Gasteiger partial charge in [0.05, 0.1) is 10.2 Å². The van der Waals surface area contributed by atoms with Gasteiger partial charge in [0.25, 0.3) is 0 Å². The lowest BCUT2D eigenvalue weighted by Crippen LogP contribution is -1.88. The van der Waals surface area contributed by atoms with Gasteiger partial charge in [-0.3, -0.25) is 0 Å². The van der Waals surface area contributed by atoms with Crippen LogP contribution in [0, 0.1) is 12.3 Å². The fourth-order valence-corrected chi connectivity index (χ4v) is 2.31. The van der Waals surface area contributed by atoms with Gasteiger partial charge in [-0.1, -0.05) is 26.0 Å². The number of fused-ring (bicyclic) bond motifs is 1. The molecular formula is C12H11NS. The maximum atomic E-state index is 5.34. The monoisotopic (exact) mass is 201 g/mol. The molecule has 1 heterocycles. The van der Waals surface area contributed by atoms with Crippen molar-refractivity contribution in [2.75, 3.05) is 0 Å². The Bertz CT molecular complexity index is 503. The highest BCUT2D eigenvalue weighted by Gasteiger charge is 2.08. The summed E-state index contributed by atoms with van der Waals surface area (Å²) in [6.45, 7) is 4.34. The first kappa shape index (κ1) is 9.23.